The molecule has 0 fully saturated rings. The van der Waals surface area contributed by atoms with Crippen LogP contribution < -0.4 is 11.2 Å². The summed E-state index contributed by atoms with van der Waals surface area (Å²) in [4.78, 5) is 27.4. The number of aromatic nitrogens is 2. The van der Waals surface area contributed by atoms with Crippen molar-refractivity contribution in [1.82, 2.24) is 9.97 Å². The molecule has 4 heteroatoms. The lowest BCUT2D eigenvalue weighted by atomic mass is 9.97. The molecule has 0 unspecified atom stereocenters. The van der Waals surface area contributed by atoms with Crippen LogP contribution in [0.5, 0.6) is 0 Å². The molecule has 2 N–H and O–H groups in total. The molecule has 0 bridgehead atoms. The molecular formula is C13H14N2O2. The highest BCUT2D eigenvalue weighted by atomic mass is 16.2. The first-order valence-corrected chi connectivity index (χ1v) is 5.39. The first kappa shape index (κ1) is 11.4. The molecule has 17 heavy (non-hydrogen) atoms. The highest BCUT2D eigenvalue weighted by molar-refractivity contribution is 5.67. The molecule has 0 saturated carbocycles. The van der Waals surface area contributed by atoms with E-state index in [9.17, 15) is 9.59 Å². The zero-order chi connectivity index (χ0) is 12.6. The summed E-state index contributed by atoms with van der Waals surface area (Å²) in [6.45, 7) is 5.95. The Morgan fingerprint density at radius 2 is 1.47 bits per heavy atom. The van der Waals surface area contributed by atoms with Crippen molar-refractivity contribution in [1.29, 1.82) is 0 Å². The van der Waals surface area contributed by atoms with Crippen molar-refractivity contribution in [3.8, 4) is 11.3 Å². The minimum Gasteiger partial charge on any atom is -0.307 e. The molecular weight excluding hydrogens is 216 g/mol. The number of hydrogen-bond donors (Lipinski definition) is 2. The van der Waals surface area contributed by atoms with E-state index < -0.39 is 5.69 Å². The smallest absolute Gasteiger partial charge is 0.307 e. The van der Waals surface area contributed by atoms with E-state index in [-0.39, 0.29) is 5.56 Å². The molecule has 1 heterocycles. The van der Waals surface area contributed by atoms with Gasteiger partial charge >= 0.3 is 5.69 Å². The van der Waals surface area contributed by atoms with Crippen LogP contribution in [-0.4, -0.2) is 9.97 Å². The van der Waals surface area contributed by atoms with Crippen LogP contribution in [0.1, 0.15) is 16.7 Å². The van der Waals surface area contributed by atoms with E-state index in [1.165, 1.54) is 6.07 Å². The average molecular weight is 230 g/mol. The van der Waals surface area contributed by atoms with E-state index in [2.05, 4.69) is 9.97 Å². The van der Waals surface area contributed by atoms with Crippen LogP contribution >= 0.6 is 0 Å². The zero-order valence-electron chi connectivity index (χ0n) is 10.0. The summed E-state index contributed by atoms with van der Waals surface area (Å²) in [5, 5.41) is 0. The number of rotatable bonds is 1. The lowest BCUT2D eigenvalue weighted by molar-refractivity contribution is 1.04. The number of nitrogens with one attached hydrogen (secondary N) is 2. The van der Waals surface area contributed by atoms with Crippen molar-refractivity contribution in [3.63, 3.8) is 0 Å². The maximum atomic E-state index is 11.3. The largest absolute Gasteiger partial charge is 0.326 e. The van der Waals surface area contributed by atoms with Gasteiger partial charge in [-0.15, -0.1) is 0 Å². The molecule has 0 radical (unpaired) electrons. The average Bonchev–Trinajstić information content (AvgIpc) is 2.13. The summed E-state index contributed by atoms with van der Waals surface area (Å²) in [5.74, 6) is 0. The van der Waals surface area contributed by atoms with Crippen molar-refractivity contribution in [2.45, 2.75) is 20.8 Å². The van der Waals surface area contributed by atoms with E-state index in [0.717, 1.165) is 22.3 Å². The monoisotopic (exact) mass is 230 g/mol. The van der Waals surface area contributed by atoms with Gasteiger partial charge in [0.25, 0.3) is 5.56 Å². The van der Waals surface area contributed by atoms with Gasteiger partial charge in [-0.3, -0.25) is 9.78 Å². The van der Waals surface area contributed by atoms with Crippen LogP contribution in [-0.2, 0) is 0 Å². The van der Waals surface area contributed by atoms with E-state index in [1.807, 2.05) is 32.9 Å². The van der Waals surface area contributed by atoms with Gasteiger partial charge in [0, 0.05) is 11.6 Å². The van der Waals surface area contributed by atoms with E-state index in [1.54, 1.807) is 0 Å². The summed E-state index contributed by atoms with van der Waals surface area (Å²) in [6, 6.07) is 5.47. The third kappa shape index (κ3) is 2.20. The summed E-state index contributed by atoms with van der Waals surface area (Å²) in [7, 11) is 0. The van der Waals surface area contributed by atoms with Gasteiger partial charge in [0.15, 0.2) is 0 Å². The van der Waals surface area contributed by atoms with Crippen LogP contribution in [0.25, 0.3) is 11.3 Å². The summed E-state index contributed by atoms with van der Waals surface area (Å²) < 4.78 is 0. The summed E-state index contributed by atoms with van der Waals surface area (Å²) in [6.07, 6.45) is 0. The van der Waals surface area contributed by atoms with Crippen molar-refractivity contribution >= 4 is 0 Å². The fourth-order valence-electron chi connectivity index (χ4n) is 2.21. The normalized spacial score (nSPS) is 10.5. The Bertz CT molecular complexity index is 629. The maximum Gasteiger partial charge on any atom is 0.326 e. The van der Waals surface area contributed by atoms with Crippen molar-refractivity contribution in [2.75, 3.05) is 0 Å². The number of hydrogen-bond acceptors (Lipinski definition) is 2. The first-order valence-electron chi connectivity index (χ1n) is 5.39. The SMILES string of the molecule is Cc1cc(C)c(-c2cc(=O)[nH]c(=O)[nH]2)c(C)c1. The van der Waals surface area contributed by atoms with E-state index in [0.29, 0.717) is 5.69 Å². The Labute approximate surface area is 98.3 Å². The van der Waals surface area contributed by atoms with Gasteiger partial charge in [-0.2, -0.15) is 0 Å². The molecule has 2 rings (SSSR count). The van der Waals surface area contributed by atoms with Gasteiger partial charge < -0.3 is 4.98 Å². The third-order valence-electron chi connectivity index (χ3n) is 2.71. The molecule has 0 saturated heterocycles. The fraction of sp³-hybridized carbons (Fsp3) is 0.231. The van der Waals surface area contributed by atoms with E-state index >= 15 is 0 Å². The van der Waals surface area contributed by atoms with Gasteiger partial charge in [-0.25, -0.2) is 4.79 Å². The lowest BCUT2D eigenvalue weighted by Crippen LogP contribution is -2.21. The van der Waals surface area contributed by atoms with Crippen LogP contribution in [0.15, 0.2) is 27.8 Å². The number of H-pyrrole nitrogens is 2. The predicted molar refractivity (Wildman–Crippen MR) is 67.3 cm³/mol. The van der Waals surface area contributed by atoms with Crippen LogP contribution in [0.3, 0.4) is 0 Å². The van der Waals surface area contributed by atoms with Gasteiger partial charge in [0.05, 0.1) is 5.69 Å². The van der Waals surface area contributed by atoms with Crippen LogP contribution in [0.2, 0.25) is 0 Å². The topological polar surface area (TPSA) is 65.7 Å². The first-order chi connectivity index (χ1) is 7.97. The Kier molecular flexibility index (Phi) is 2.71. The van der Waals surface area contributed by atoms with E-state index in [4.69, 9.17) is 0 Å². The highest BCUT2D eigenvalue weighted by Gasteiger charge is 2.08. The molecule has 1 aromatic heterocycles. The third-order valence-corrected chi connectivity index (χ3v) is 2.71. The molecule has 0 spiro atoms. The minimum absolute atomic E-state index is 0.386. The number of benzene rings is 1. The van der Waals surface area contributed by atoms with Crippen LogP contribution in [0.4, 0.5) is 0 Å². The van der Waals surface area contributed by atoms with Gasteiger partial charge in [-0.1, -0.05) is 17.7 Å². The van der Waals surface area contributed by atoms with Gasteiger partial charge in [0.1, 0.15) is 0 Å². The minimum atomic E-state index is -0.480. The molecule has 0 atom stereocenters. The Morgan fingerprint density at radius 3 is 2.00 bits per heavy atom. The second-order valence-corrected chi connectivity index (χ2v) is 4.28. The second kappa shape index (κ2) is 4.05. The highest BCUT2D eigenvalue weighted by Crippen LogP contribution is 2.25. The lowest BCUT2D eigenvalue weighted by Gasteiger charge is -2.10. The van der Waals surface area contributed by atoms with Crippen molar-refractivity contribution in [2.24, 2.45) is 0 Å². The maximum absolute atomic E-state index is 11.3. The van der Waals surface area contributed by atoms with Crippen LogP contribution in [0, 0.1) is 20.8 Å². The molecule has 0 aliphatic heterocycles. The standard InChI is InChI=1S/C13H14N2O2/c1-7-4-8(2)12(9(3)5-7)10-6-11(16)15-13(17)14-10/h4-6H,1-3H3,(H2,14,15,16,17). The molecule has 1 aromatic carbocycles. The molecule has 0 aliphatic carbocycles. The number of aromatic amines is 2. The molecule has 0 amide bonds. The molecule has 0 aliphatic rings. The van der Waals surface area contributed by atoms with Gasteiger partial charge in [0.2, 0.25) is 0 Å². The summed E-state index contributed by atoms with van der Waals surface area (Å²) in [5.41, 5.74) is 3.87. The van der Waals surface area contributed by atoms with Crippen molar-refractivity contribution < 1.29 is 0 Å². The molecule has 88 valence electrons. The molecule has 2 aromatic rings. The number of aryl methyl sites for hydroxylation is 3. The van der Waals surface area contributed by atoms with Crippen molar-refractivity contribution in [3.05, 3.63) is 55.7 Å². The second-order valence-electron chi connectivity index (χ2n) is 4.28. The predicted octanol–water partition coefficient (Wildman–Crippen LogP) is 1.66. The molecule has 4 nitrogen and oxygen atoms in total. The Morgan fingerprint density at radius 1 is 0.882 bits per heavy atom. The fourth-order valence-corrected chi connectivity index (χ4v) is 2.21. The quantitative estimate of drug-likeness (QED) is 0.782. The Hall–Kier alpha value is -2.10. The zero-order valence-corrected chi connectivity index (χ0v) is 10.0. The van der Waals surface area contributed by atoms with Gasteiger partial charge in [-0.05, 0) is 31.9 Å². The Balaban J connectivity index is 2.77. The summed E-state index contributed by atoms with van der Waals surface area (Å²) >= 11 is 0.